The van der Waals surface area contributed by atoms with Crippen LogP contribution in [0, 0.1) is 0 Å². The van der Waals surface area contributed by atoms with E-state index in [1.807, 2.05) is 0 Å². The zero-order valence-corrected chi connectivity index (χ0v) is 16.4. The normalized spacial score (nSPS) is 13.2. The Morgan fingerprint density at radius 2 is 1.79 bits per heavy atom. The van der Waals surface area contributed by atoms with Crippen LogP contribution in [0.2, 0.25) is 0 Å². The molecule has 1 fully saturated rings. The van der Waals surface area contributed by atoms with Crippen molar-refractivity contribution in [3.63, 3.8) is 0 Å². The van der Waals surface area contributed by atoms with Gasteiger partial charge in [-0.1, -0.05) is 12.1 Å². The molecule has 2 aromatic rings. The molecular weight excluding hydrogens is 374 g/mol. The Hall–Kier alpha value is -3.55. The summed E-state index contributed by atoms with van der Waals surface area (Å²) in [5.74, 6) is -0.329. The summed E-state index contributed by atoms with van der Waals surface area (Å²) in [7, 11) is 3.07. The maximum absolute atomic E-state index is 12.2. The van der Waals surface area contributed by atoms with Gasteiger partial charge in [-0.15, -0.1) is 0 Å². The van der Waals surface area contributed by atoms with E-state index in [4.69, 9.17) is 9.47 Å². The van der Waals surface area contributed by atoms with Crippen molar-refractivity contribution < 1.29 is 23.9 Å². The Kier molecular flexibility index (Phi) is 6.33. The molecule has 152 valence electrons. The Bertz CT molecular complexity index is 911. The molecule has 1 heterocycles. The zero-order valence-electron chi connectivity index (χ0n) is 16.4. The third-order valence-electron chi connectivity index (χ3n) is 4.62. The van der Waals surface area contributed by atoms with E-state index in [0.29, 0.717) is 35.8 Å². The van der Waals surface area contributed by atoms with Crippen LogP contribution >= 0.6 is 0 Å². The first-order chi connectivity index (χ1) is 14.0. The first-order valence-corrected chi connectivity index (χ1v) is 9.22. The van der Waals surface area contributed by atoms with Crippen molar-refractivity contribution in [2.75, 3.05) is 31.0 Å². The second kappa shape index (κ2) is 9.09. The summed E-state index contributed by atoms with van der Waals surface area (Å²) in [6.07, 6.45) is 1.31. The zero-order chi connectivity index (χ0) is 20.8. The van der Waals surface area contributed by atoms with Gasteiger partial charge in [0.15, 0.2) is 0 Å². The van der Waals surface area contributed by atoms with Gasteiger partial charge >= 0.3 is 11.8 Å². The Morgan fingerprint density at radius 1 is 1.03 bits per heavy atom. The van der Waals surface area contributed by atoms with E-state index in [0.717, 1.165) is 12.0 Å². The van der Waals surface area contributed by atoms with Crippen LogP contribution in [0.5, 0.6) is 11.5 Å². The number of carbonyl (C=O) groups excluding carboxylic acids is 3. The molecule has 0 aromatic heterocycles. The highest BCUT2D eigenvalue weighted by Crippen LogP contribution is 2.33. The van der Waals surface area contributed by atoms with Crippen molar-refractivity contribution in [1.82, 2.24) is 5.32 Å². The SMILES string of the molecule is COc1ccc(CNC(=O)C(=O)Nc2ccc(N3CCCC3=O)c(OC)c2)cc1. The average Bonchev–Trinajstić information content (AvgIpc) is 3.17. The molecule has 0 atom stereocenters. The number of hydrogen-bond acceptors (Lipinski definition) is 5. The predicted molar refractivity (Wildman–Crippen MR) is 108 cm³/mol. The van der Waals surface area contributed by atoms with Crippen LogP contribution in [0.15, 0.2) is 42.5 Å². The van der Waals surface area contributed by atoms with E-state index in [1.54, 1.807) is 54.5 Å². The van der Waals surface area contributed by atoms with Crippen LogP contribution in [-0.2, 0) is 20.9 Å². The Balaban J connectivity index is 1.60. The third-order valence-corrected chi connectivity index (χ3v) is 4.62. The summed E-state index contributed by atoms with van der Waals surface area (Å²) in [5.41, 5.74) is 1.90. The van der Waals surface area contributed by atoms with Gasteiger partial charge in [0.05, 0.1) is 19.9 Å². The van der Waals surface area contributed by atoms with Gasteiger partial charge < -0.3 is 25.0 Å². The molecule has 2 aromatic carbocycles. The fourth-order valence-electron chi connectivity index (χ4n) is 3.08. The number of anilines is 2. The van der Waals surface area contributed by atoms with E-state index in [-0.39, 0.29) is 12.5 Å². The predicted octanol–water partition coefficient (Wildman–Crippen LogP) is 2.09. The standard InChI is InChI=1S/C21H23N3O5/c1-28-16-8-5-14(6-9-16)13-22-20(26)21(27)23-15-7-10-17(18(12-15)29-2)24-11-3-4-19(24)25/h5-10,12H,3-4,11,13H2,1-2H3,(H,22,26)(H,23,27). The number of ether oxygens (including phenoxy) is 2. The molecule has 3 amide bonds. The van der Waals surface area contributed by atoms with Crippen molar-refractivity contribution in [2.24, 2.45) is 0 Å². The molecule has 29 heavy (non-hydrogen) atoms. The molecular formula is C21H23N3O5. The van der Waals surface area contributed by atoms with Crippen molar-refractivity contribution >= 4 is 29.1 Å². The van der Waals surface area contributed by atoms with Crippen LogP contribution in [0.4, 0.5) is 11.4 Å². The number of nitrogens with one attached hydrogen (secondary N) is 2. The Morgan fingerprint density at radius 3 is 2.41 bits per heavy atom. The van der Waals surface area contributed by atoms with Crippen LogP contribution < -0.4 is 25.0 Å². The smallest absolute Gasteiger partial charge is 0.313 e. The van der Waals surface area contributed by atoms with E-state index < -0.39 is 11.8 Å². The molecule has 0 saturated carbocycles. The fourth-order valence-corrected chi connectivity index (χ4v) is 3.08. The lowest BCUT2D eigenvalue weighted by Crippen LogP contribution is -2.35. The van der Waals surface area contributed by atoms with Gasteiger partial charge in [-0.05, 0) is 36.2 Å². The summed E-state index contributed by atoms with van der Waals surface area (Å²) in [5, 5.41) is 5.12. The fraction of sp³-hybridized carbons (Fsp3) is 0.286. The van der Waals surface area contributed by atoms with E-state index in [9.17, 15) is 14.4 Å². The number of benzene rings is 2. The molecule has 0 radical (unpaired) electrons. The van der Waals surface area contributed by atoms with Crippen molar-refractivity contribution in [1.29, 1.82) is 0 Å². The maximum atomic E-state index is 12.2. The minimum absolute atomic E-state index is 0.0398. The average molecular weight is 397 g/mol. The highest BCUT2D eigenvalue weighted by Gasteiger charge is 2.25. The number of amides is 3. The molecule has 8 nitrogen and oxygen atoms in total. The molecule has 0 aliphatic carbocycles. The lowest BCUT2D eigenvalue weighted by Gasteiger charge is -2.19. The van der Waals surface area contributed by atoms with Crippen LogP contribution in [0.1, 0.15) is 18.4 Å². The Labute approximate surface area is 168 Å². The molecule has 1 saturated heterocycles. The molecule has 8 heteroatoms. The van der Waals surface area contributed by atoms with E-state index in [2.05, 4.69) is 10.6 Å². The number of methoxy groups -OCH3 is 2. The van der Waals surface area contributed by atoms with Gasteiger partial charge in [-0.3, -0.25) is 14.4 Å². The first kappa shape index (κ1) is 20.2. The van der Waals surface area contributed by atoms with Gasteiger partial charge in [0, 0.05) is 31.3 Å². The van der Waals surface area contributed by atoms with E-state index >= 15 is 0 Å². The summed E-state index contributed by atoms with van der Waals surface area (Å²) in [6, 6.07) is 12.1. The van der Waals surface area contributed by atoms with Gasteiger partial charge in [0.2, 0.25) is 5.91 Å². The summed E-state index contributed by atoms with van der Waals surface area (Å²) in [6.45, 7) is 0.851. The molecule has 0 bridgehead atoms. The van der Waals surface area contributed by atoms with Gasteiger partial charge in [-0.2, -0.15) is 0 Å². The van der Waals surface area contributed by atoms with Crippen molar-refractivity contribution in [3.05, 3.63) is 48.0 Å². The number of rotatable bonds is 6. The summed E-state index contributed by atoms with van der Waals surface area (Å²) in [4.78, 5) is 37.9. The lowest BCUT2D eigenvalue weighted by molar-refractivity contribution is -0.136. The molecule has 1 aliphatic heterocycles. The quantitative estimate of drug-likeness (QED) is 0.728. The minimum atomic E-state index is -0.787. The summed E-state index contributed by atoms with van der Waals surface area (Å²) >= 11 is 0. The second-order valence-corrected chi connectivity index (χ2v) is 6.52. The van der Waals surface area contributed by atoms with Gasteiger partial charge in [-0.25, -0.2) is 0 Å². The molecule has 0 unspecified atom stereocenters. The van der Waals surface area contributed by atoms with Crippen LogP contribution in [0.3, 0.4) is 0 Å². The molecule has 1 aliphatic rings. The van der Waals surface area contributed by atoms with Crippen molar-refractivity contribution in [3.8, 4) is 11.5 Å². The number of hydrogen-bond donors (Lipinski definition) is 2. The first-order valence-electron chi connectivity index (χ1n) is 9.22. The summed E-state index contributed by atoms with van der Waals surface area (Å²) < 4.78 is 10.4. The highest BCUT2D eigenvalue weighted by molar-refractivity contribution is 6.39. The lowest BCUT2D eigenvalue weighted by atomic mass is 10.2. The van der Waals surface area contributed by atoms with Gasteiger partial charge in [0.1, 0.15) is 11.5 Å². The monoisotopic (exact) mass is 397 g/mol. The van der Waals surface area contributed by atoms with Gasteiger partial charge in [0.25, 0.3) is 0 Å². The van der Waals surface area contributed by atoms with Crippen LogP contribution in [0.25, 0.3) is 0 Å². The minimum Gasteiger partial charge on any atom is -0.497 e. The maximum Gasteiger partial charge on any atom is 0.313 e. The molecule has 0 spiro atoms. The largest absolute Gasteiger partial charge is 0.497 e. The highest BCUT2D eigenvalue weighted by atomic mass is 16.5. The second-order valence-electron chi connectivity index (χ2n) is 6.52. The van der Waals surface area contributed by atoms with Crippen molar-refractivity contribution in [2.45, 2.75) is 19.4 Å². The topological polar surface area (TPSA) is 97.0 Å². The molecule has 3 rings (SSSR count). The van der Waals surface area contributed by atoms with E-state index in [1.165, 1.54) is 7.11 Å². The number of nitrogens with zero attached hydrogens (tertiary/aromatic N) is 1. The third kappa shape index (κ3) is 4.84. The number of carbonyl (C=O) groups is 3. The molecule has 2 N–H and O–H groups in total. The van der Waals surface area contributed by atoms with Crippen LogP contribution in [-0.4, -0.2) is 38.5 Å².